The minimum absolute atomic E-state index is 0.0166. The third-order valence-corrected chi connectivity index (χ3v) is 14.3. The molecule has 0 N–H and O–H groups in total. The molecule has 1 saturated heterocycles. The summed E-state index contributed by atoms with van der Waals surface area (Å²) >= 11 is 0. The van der Waals surface area contributed by atoms with E-state index >= 15 is 0 Å². The van der Waals surface area contributed by atoms with Gasteiger partial charge in [0.25, 0.3) is 0 Å². The van der Waals surface area contributed by atoms with Crippen LogP contribution in [0.4, 0.5) is 13.2 Å². The van der Waals surface area contributed by atoms with Crippen LogP contribution in [0.1, 0.15) is 37.5 Å². The molecule has 50 heavy (non-hydrogen) atoms. The van der Waals surface area contributed by atoms with Crippen LogP contribution in [0.3, 0.4) is 0 Å². The molecule has 0 saturated carbocycles. The van der Waals surface area contributed by atoms with Gasteiger partial charge in [-0.05, 0) is 59.1 Å². The molecule has 8 nitrogen and oxygen atoms in total. The Bertz CT molecular complexity index is 1440. The van der Waals surface area contributed by atoms with Gasteiger partial charge in [0.15, 0.2) is 8.32 Å². The molecular weight excluding hydrogens is 666 g/mol. The summed E-state index contributed by atoms with van der Waals surface area (Å²) in [6.07, 6.45) is -5.33. The average Bonchev–Trinajstić information content (AvgIpc) is 3.10. The molecule has 0 unspecified atom stereocenters. The molecule has 1 amide bonds. The van der Waals surface area contributed by atoms with E-state index < -0.39 is 32.1 Å². The molecule has 1 atom stereocenters. The van der Waals surface area contributed by atoms with Gasteiger partial charge >= 0.3 is 12.1 Å². The lowest BCUT2D eigenvalue weighted by Crippen LogP contribution is -2.53. The smallest absolute Gasteiger partial charge is 0.471 e. The SMILES string of the molecule is COc1ccc(C(OC[C@H](CO[Si](C)(C)C(C)(C)C)OCCN2CCN(C(=O)C(F)(F)F)CC2)(c2ccccc2)c2ccc(OC)cc2)cc1. The van der Waals surface area contributed by atoms with Gasteiger partial charge in [0, 0.05) is 32.7 Å². The second-order valence-electron chi connectivity index (χ2n) is 14.0. The van der Waals surface area contributed by atoms with E-state index in [0.29, 0.717) is 32.8 Å². The summed E-state index contributed by atoms with van der Waals surface area (Å²) in [5, 5.41) is -0.0219. The zero-order chi connectivity index (χ0) is 36.6. The van der Waals surface area contributed by atoms with Crippen LogP contribution in [-0.2, 0) is 24.3 Å². The number of halogens is 3. The number of benzene rings is 3. The van der Waals surface area contributed by atoms with Crippen molar-refractivity contribution in [3.05, 3.63) is 95.6 Å². The van der Waals surface area contributed by atoms with Crippen LogP contribution < -0.4 is 9.47 Å². The molecule has 0 spiro atoms. The maximum absolute atomic E-state index is 12.9. The Labute approximate surface area is 295 Å². The zero-order valence-corrected chi connectivity index (χ0v) is 31.2. The van der Waals surface area contributed by atoms with Gasteiger partial charge in [0.2, 0.25) is 0 Å². The molecule has 1 fully saturated rings. The highest BCUT2D eigenvalue weighted by Gasteiger charge is 2.43. The van der Waals surface area contributed by atoms with Gasteiger partial charge in [0.05, 0.1) is 34.0 Å². The summed E-state index contributed by atoms with van der Waals surface area (Å²) in [6, 6.07) is 25.7. The summed E-state index contributed by atoms with van der Waals surface area (Å²) in [7, 11) is 1.10. The Kier molecular flexibility index (Phi) is 13.2. The first-order chi connectivity index (χ1) is 23.6. The largest absolute Gasteiger partial charge is 0.497 e. The van der Waals surface area contributed by atoms with Crippen molar-refractivity contribution in [2.45, 2.75) is 56.8 Å². The number of amides is 1. The van der Waals surface area contributed by atoms with Crippen LogP contribution >= 0.6 is 0 Å². The number of rotatable bonds is 15. The van der Waals surface area contributed by atoms with Crippen LogP contribution in [0.5, 0.6) is 11.5 Å². The van der Waals surface area contributed by atoms with Crippen molar-refractivity contribution >= 4 is 14.2 Å². The molecule has 12 heteroatoms. The average molecular weight is 717 g/mol. The van der Waals surface area contributed by atoms with Crippen molar-refractivity contribution in [1.29, 1.82) is 0 Å². The highest BCUT2D eigenvalue weighted by Crippen LogP contribution is 2.42. The van der Waals surface area contributed by atoms with Crippen molar-refractivity contribution in [3.8, 4) is 11.5 Å². The first kappa shape index (κ1) is 39.4. The fourth-order valence-corrected chi connectivity index (χ4v) is 6.69. The highest BCUT2D eigenvalue weighted by molar-refractivity contribution is 6.74. The van der Waals surface area contributed by atoms with Crippen molar-refractivity contribution in [3.63, 3.8) is 0 Å². The van der Waals surface area contributed by atoms with Gasteiger partial charge in [-0.2, -0.15) is 13.2 Å². The predicted molar refractivity (Wildman–Crippen MR) is 190 cm³/mol. The minimum atomic E-state index is -4.87. The Morgan fingerprint density at radius 3 is 1.72 bits per heavy atom. The van der Waals surface area contributed by atoms with Gasteiger partial charge in [0.1, 0.15) is 23.2 Å². The number of piperazine rings is 1. The van der Waals surface area contributed by atoms with E-state index in [1.54, 1.807) is 14.2 Å². The third kappa shape index (κ3) is 9.67. The van der Waals surface area contributed by atoms with Crippen LogP contribution in [0.2, 0.25) is 18.1 Å². The first-order valence-electron chi connectivity index (χ1n) is 16.9. The van der Waals surface area contributed by atoms with E-state index in [9.17, 15) is 18.0 Å². The monoisotopic (exact) mass is 716 g/mol. The fraction of sp³-hybridized carbons (Fsp3) is 0.500. The lowest BCUT2D eigenvalue weighted by atomic mass is 9.80. The molecule has 1 aliphatic rings. The van der Waals surface area contributed by atoms with Crippen LogP contribution in [0, 0.1) is 0 Å². The molecule has 0 aromatic heterocycles. The van der Waals surface area contributed by atoms with E-state index in [-0.39, 0.29) is 24.7 Å². The number of alkyl halides is 3. The lowest BCUT2D eigenvalue weighted by molar-refractivity contribution is -0.187. The Morgan fingerprint density at radius 1 is 0.760 bits per heavy atom. The molecule has 1 aliphatic heterocycles. The third-order valence-electron chi connectivity index (χ3n) is 9.76. The van der Waals surface area contributed by atoms with Crippen molar-refractivity contribution < 1.29 is 41.3 Å². The molecule has 0 aliphatic carbocycles. The van der Waals surface area contributed by atoms with E-state index in [2.05, 4.69) is 33.9 Å². The van der Waals surface area contributed by atoms with Crippen molar-refractivity contribution in [2.75, 3.05) is 66.8 Å². The lowest BCUT2D eigenvalue weighted by Gasteiger charge is -2.39. The zero-order valence-electron chi connectivity index (χ0n) is 30.2. The fourth-order valence-electron chi connectivity index (χ4n) is 5.66. The van der Waals surface area contributed by atoms with Crippen LogP contribution in [0.25, 0.3) is 0 Å². The number of hydrogen-bond donors (Lipinski definition) is 0. The normalized spacial score (nSPS) is 15.5. The molecule has 0 bridgehead atoms. The number of carbonyl (C=O) groups excluding carboxylic acids is 1. The summed E-state index contributed by atoms with van der Waals surface area (Å²) in [6.45, 7) is 12.9. The maximum Gasteiger partial charge on any atom is 0.471 e. The van der Waals surface area contributed by atoms with Gasteiger partial charge in [-0.15, -0.1) is 0 Å². The first-order valence-corrected chi connectivity index (χ1v) is 19.8. The molecule has 4 rings (SSSR count). The maximum atomic E-state index is 12.9. The van der Waals surface area contributed by atoms with Crippen molar-refractivity contribution in [1.82, 2.24) is 9.80 Å². The number of methoxy groups -OCH3 is 2. The molecule has 1 heterocycles. The minimum Gasteiger partial charge on any atom is -0.497 e. The van der Waals surface area contributed by atoms with E-state index in [0.717, 1.165) is 33.1 Å². The summed E-state index contributed by atoms with van der Waals surface area (Å²) in [4.78, 5) is 14.6. The van der Waals surface area contributed by atoms with Crippen LogP contribution in [0.15, 0.2) is 78.9 Å². The number of carbonyl (C=O) groups is 1. The summed E-state index contributed by atoms with van der Waals surface area (Å²) in [5.41, 5.74) is 1.67. The van der Waals surface area contributed by atoms with Gasteiger partial charge in [-0.1, -0.05) is 75.4 Å². The second-order valence-corrected chi connectivity index (χ2v) is 18.8. The van der Waals surface area contributed by atoms with Gasteiger partial charge in [-0.3, -0.25) is 9.69 Å². The topological polar surface area (TPSA) is 69.7 Å². The van der Waals surface area contributed by atoms with E-state index in [1.165, 1.54) is 0 Å². The Morgan fingerprint density at radius 2 is 1.26 bits per heavy atom. The van der Waals surface area contributed by atoms with E-state index in [1.807, 2.05) is 83.8 Å². The highest BCUT2D eigenvalue weighted by atomic mass is 28.4. The van der Waals surface area contributed by atoms with Crippen molar-refractivity contribution in [2.24, 2.45) is 0 Å². The Balaban J connectivity index is 1.61. The predicted octanol–water partition coefficient (Wildman–Crippen LogP) is 7.13. The number of nitrogens with zero attached hydrogens (tertiary/aromatic N) is 2. The molecule has 274 valence electrons. The molecular formula is C38H51F3N2O6Si. The van der Waals surface area contributed by atoms with Crippen LogP contribution in [-0.4, -0.2) is 103 Å². The second kappa shape index (κ2) is 16.7. The van der Waals surface area contributed by atoms with E-state index in [4.69, 9.17) is 23.4 Å². The number of hydrogen-bond acceptors (Lipinski definition) is 7. The standard InChI is InChI=1S/C38H51F3N2O6Si/c1-36(2,3)50(6,7)49-28-34(47-26-25-42-21-23-43(24-22-42)35(44)38(39,40)41)27-48-37(29-11-9-8-10-12-29,30-13-17-32(45-4)18-14-30)31-15-19-33(46-5)20-16-31/h8-20,34H,21-28H2,1-7H3/t34-/m1/s1. The number of ether oxygens (including phenoxy) is 4. The van der Waals surface area contributed by atoms with Gasteiger partial charge < -0.3 is 28.3 Å². The summed E-state index contributed by atoms with van der Waals surface area (Å²) in [5.74, 6) is -0.347. The molecule has 3 aromatic carbocycles. The molecule has 3 aromatic rings. The molecule has 0 radical (unpaired) electrons. The summed E-state index contributed by atoms with van der Waals surface area (Å²) < 4.78 is 70.1. The quantitative estimate of drug-likeness (QED) is 0.123. The van der Waals surface area contributed by atoms with Gasteiger partial charge in [-0.25, -0.2) is 0 Å². The Hall–Kier alpha value is -3.42.